The summed E-state index contributed by atoms with van der Waals surface area (Å²) in [5.74, 6) is -0.621. The van der Waals surface area contributed by atoms with Crippen LogP contribution in [0.3, 0.4) is 0 Å². The van der Waals surface area contributed by atoms with Crippen LogP contribution < -0.4 is 15.5 Å². The van der Waals surface area contributed by atoms with E-state index >= 15 is 0 Å². The van der Waals surface area contributed by atoms with Gasteiger partial charge in [-0.05, 0) is 25.1 Å². The molecule has 1 atom stereocenters. The average molecular weight is 364 g/mol. The molecule has 7 nitrogen and oxygen atoms in total. The Morgan fingerprint density at radius 1 is 1.11 bits per heavy atom. The summed E-state index contributed by atoms with van der Waals surface area (Å²) in [4.78, 5) is 40.3. The number of urea groups is 1. The molecule has 2 aliphatic heterocycles. The van der Waals surface area contributed by atoms with E-state index < -0.39 is 6.04 Å². The fourth-order valence-corrected chi connectivity index (χ4v) is 3.43. The van der Waals surface area contributed by atoms with Gasteiger partial charge in [0.25, 0.3) is 5.91 Å². The number of benzene rings is 2. The van der Waals surface area contributed by atoms with Gasteiger partial charge in [0.1, 0.15) is 12.6 Å². The fraction of sp³-hybridized carbons (Fsp3) is 0.250. The largest absolute Gasteiger partial charge is 0.339 e. The van der Waals surface area contributed by atoms with Crippen molar-refractivity contribution in [1.82, 2.24) is 10.2 Å². The molecule has 4 amide bonds. The summed E-state index contributed by atoms with van der Waals surface area (Å²) in [6.07, 6.45) is 0. The van der Waals surface area contributed by atoms with Crippen LogP contribution in [0.4, 0.5) is 16.2 Å². The first-order valence-corrected chi connectivity index (χ1v) is 8.85. The highest BCUT2D eigenvalue weighted by Gasteiger charge is 2.34. The van der Waals surface area contributed by atoms with E-state index in [2.05, 4.69) is 10.6 Å². The van der Waals surface area contributed by atoms with Crippen LogP contribution >= 0.6 is 0 Å². The summed E-state index contributed by atoms with van der Waals surface area (Å²) >= 11 is 0. The Kier molecular flexibility index (Phi) is 4.27. The minimum Gasteiger partial charge on any atom is -0.339 e. The lowest BCUT2D eigenvalue weighted by Gasteiger charge is -2.19. The number of carbonyl (C=O) groups excluding carboxylic acids is 3. The summed E-state index contributed by atoms with van der Waals surface area (Å²) in [5, 5.41) is 5.48. The number of amides is 4. The Hall–Kier alpha value is -3.35. The molecule has 1 unspecified atom stereocenters. The van der Waals surface area contributed by atoms with Crippen LogP contribution in [0, 0.1) is 6.92 Å². The summed E-state index contributed by atoms with van der Waals surface area (Å²) in [5.41, 5.74) is 3.38. The van der Waals surface area contributed by atoms with E-state index in [4.69, 9.17) is 0 Å². The summed E-state index contributed by atoms with van der Waals surface area (Å²) in [6.45, 7) is 2.91. The van der Waals surface area contributed by atoms with Crippen LogP contribution in [0.5, 0.6) is 0 Å². The van der Waals surface area contributed by atoms with E-state index in [1.807, 2.05) is 43.3 Å². The van der Waals surface area contributed by atoms with Gasteiger partial charge < -0.3 is 15.5 Å². The van der Waals surface area contributed by atoms with Crippen LogP contribution in [0.2, 0.25) is 0 Å². The smallest absolute Gasteiger partial charge is 0.325 e. The van der Waals surface area contributed by atoms with E-state index in [0.717, 1.165) is 16.8 Å². The molecule has 0 spiro atoms. The second-order valence-electron chi connectivity index (χ2n) is 6.77. The van der Waals surface area contributed by atoms with Gasteiger partial charge in [-0.1, -0.05) is 35.9 Å². The van der Waals surface area contributed by atoms with Gasteiger partial charge in [-0.25, -0.2) is 4.79 Å². The van der Waals surface area contributed by atoms with Gasteiger partial charge in [-0.2, -0.15) is 0 Å². The molecule has 0 saturated carbocycles. The fourth-order valence-electron chi connectivity index (χ4n) is 3.43. The molecule has 2 aliphatic rings. The van der Waals surface area contributed by atoms with Crippen molar-refractivity contribution in [2.45, 2.75) is 13.0 Å². The van der Waals surface area contributed by atoms with Gasteiger partial charge in [0, 0.05) is 30.0 Å². The Balaban J connectivity index is 1.40. The molecule has 138 valence electrons. The van der Waals surface area contributed by atoms with E-state index in [0.29, 0.717) is 18.8 Å². The molecule has 0 radical (unpaired) electrons. The normalized spacial score (nSPS) is 18.5. The number of anilines is 2. The van der Waals surface area contributed by atoms with E-state index in [1.165, 1.54) is 4.90 Å². The topological polar surface area (TPSA) is 81.8 Å². The maximum absolute atomic E-state index is 12.6. The van der Waals surface area contributed by atoms with Gasteiger partial charge in [-0.3, -0.25) is 14.5 Å². The second-order valence-corrected chi connectivity index (χ2v) is 6.77. The Morgan fingerprint density at radius 2 is 1.85 bits per heavy atom. The molecule has 2 aromatic carbocycles. The molecule has 0 aromatic heterocycles. The second kappa shape index (κ2) is 6.75. The molecule has 1 fully saturated rings. The van der Waals surface area contributed by atoms with Crippen molar-refractivity contribution in [3.8, 4) is 0 Å². The van der Waals surface area contributed by atoms with Crippen LogP contribution in [0.1, 0.15) is 17.2 Å². The van der Waals surface area contributed by atoms with Crippen molar-refractivity contribution in [2.24, 2.45) is 0 Å². The number of rotatable bonds is 4. The lowest BCUT2D eigenvalue weighted by molar-refractivity contribution is -0.126. The first-order valence-electron chi connectivity index (χ1n) is 8.85. The van der Waals surface area contributed by atoms with Crippen LogP contribution in [-0.2, 0) is 9.59 Å². The quantitative estimate of drug-likeness (QED) is 0.871. The van der Waals surface area contributed by atoms with Gasteiger partial charge >= 0.3 is 6.03 Å². The molecule has 4 rings (SSSR count). The Labute approximate surface area is 157 Å². The molecular weight excluding hydrogens is 344 g/mol. The van der Waals surface area contributed by atoms with Crippen molar-refractivity contribution < 1.29 is 14.4 Å². The maximum Gasteiger partial charge on any atom is 0.325 e. The third-order valence-electron chi connectivity index (χ3n) is 4.87. The molecule has 2 N–H and O–H groups in total. The van der Waals surface area contributed by atoms with Gasteiger partial charge in [-0.15, -0.1) is 0 Å². The molecule has 0 aliphatic carbocycles. The van der Waals surface area contributed by atoms with Crippen molar-refractivity contribution in [1.29, 1.82) is 0 Å². The number of fused-ring (bicyclic) bond motifs is 1. The third-order valence-corrected chi connectivity index (χ3v) is 4.87. The number of carbonyl (C=O) groups is 3. The van der Waals surface area contributed by atoms with E-state index in [9.17, 15) is 14.4 Å². The molecule has 7 heteroatoms. The monoisotopic (exact) mass is 364 g/mol. The van der Waals surface area contributed by atoms with Gasteiger partial charge in [0.2, 0.25) is 5.91 Å². The minimum atomic E-state index is -0.723. The predicted octanol–water partition coefficient (Wildman–Crippen LogP) is 2.05. The molecule has 2 aromatic rings. The predicted molar refractivity (Wildman–Crippen MR) is 101 cm³/mol. The highest BCUT2D eigenvalue weighted by atomic mass is 16.2. The molecular formula is C20H20N4O3. The van der Waals surface area contributed by atoms with E-state index in [1.54, 1.807) is 17.0 Å². The van der Waals surface area contributed by atoms with Crippen LogP contribution in [0.25, 0.3) is 0 Å². The summed E-state index contributed by atoms with van der Waals surface area (Å²) < 4.78 is 0. The minimum absolute atomic E-state index is 0.0762. The first kappa shape index (κ1) is 17.1. The van der Waals surface area contributed by atoms with Crippen molar-refractivity contribution in [3.05, 3.63) is 59.7 Å². The summed E-state index contributed by atoms with van der Waals surface area (Å²) in [6, 6.07) is 14.0. The Morgan fingerprint density at radius 3 is 2.63 bits per heavy atom. The number of nitrogens with zero attached hydrogens (tertiary/aromatic N) is 2. The zero-order chi connectivity index (χ0) is 19.0. The maximum atomic E-state index is 12.6. The van der Waals surface area contributed by atoms with Crippen LogP contribution in [0.15, 0.2) is 48.5 Å². The van der Waals surface area contributed by atoms with E-state index in [-0.39, 0.29) is 24.4 Å². The number of aryl methyl sites for hydroxylation is 1. The molecule has 2 heterocycles. The Bertz CT molecular complexity index is 910. The average Bonchev–Trinajstić information content (AvgIpc) is 3.16. The van der Waals surface area contributed by atoms with Crippen LogP contribution in [-0.4, -0.2) is 42.4 Å². The zero-order valence-electron chi connectivity index (χ0n) is 14.9. The van der Waals surface area contributed by atoms with Gasteiger partial charge in [0.15, 0.2) is 0 Å². The number of para-hydroxylation sites is 1. The highest BCUT2D eigenvalue weighted by Crippen LogP contribution is 2.30. The molecule has 27 heavy (non-hydrogen) atoms. The van der Waals surface area contributed by atoms with Crippen molar-refractivity contribution >= 4 is 29.2 Å². The molecule has 0 bridgehead atoms. The highest BCUT2D eigenvalue weighted by molar-refractivity contribution is 6.04. The number of hydrogen-bond donors (Lipinski definition) is 2. The van der Waals surface area contributed by atoms with Gasteiger partial charge in [0.05, 0.1) is 0 Å². The van der Waals surface area contributed by atoms with Crippen molar-refractivity contribution in [3.63, 3.8) is 0 Å². The van der Waals surface area contributed by atoms with Crippen molar-refractivity contribution in [2.75, 3.05) is 29.9 Å². The lowest BCUT2D eigenvalue weighted by Crippen LogP contribution is -2.42. The zero-order valence-corrected chi connectivity index (χ0v) is 14.9. The summed E-state index contributed by atoms with van der Waals surface area (Å²) in [7, 11) is 0. The standard InChI is InChI=1S/C20H20N4O3/c1-13-6-8-14(9-7-13)24-11-10-23(20(24)27)12-17(25)22-18-15-4-2-3-5-16(15)21-19(18)26/h2-9,18H,10-12H2,1H3,(H,21,26)(H,22,25). The SMILES string of the molecule is Cc1ccc(N2CCN(CC(=O)NC3C(=O)Nc4ccccc43)C2=O)cc1. The number of hydrogen-bond acceptors (Lipinski definition) is 3. The first-order chi connectivity index (χ1) is 13.0. The molecule has 1 saturated heterocycles. The number of nitrogens with one attached hydrogen (secondary N) is 2. The lowest BCUT2D eigenvalue weighted by atomic mass is 10.1. The third kappa shape index (κ3) is 3.23.